The second-order valence-electron chi connectivity index (χ2n) is 6.05. The Kier molecular flexibility index (Phi) is 5.01. The monoisotopic (exact) mass is 253 g/mol. The van der Waals surface area contributed by atoms with Gasteiger partial charge >= 0.3 is 0 Å². The molecule has 1 heterocycles. The molecule has 2 rings (SSSR count). The zero-order valence-electron chi connectivity index (χ0n) is 11.5. The number of carbonyl (C=O) groups is 1. The summed E-state index contributed by atoms with van der Waals surface area (Å²) in [7, 11) is 0. The first-order chi connectivity index (χ1) is 8.65. The molecule has 1 amide bonds. The zero-order valence-corrected chi connectivity index (χ0v) is 11.5. The van der Waals surface area contributed by atoms with Gasteiger partial charge in [-0.25, -0.2) is 0 Å². The zero-order chi connectivity index (χ0) is 13.0. The molecule has 4 nitrogen and oxygen atoms in total. The summed E-state index contributed by atoms with van der Waals surface area (Å²) in [5.74, 6) is 0.00603. The predicted molar refractivity (Wildman–Crippen MR) is 73.2 cm³/mol. The van der Waals surface area contributed by atoms with E-state index in [1.54, 1.807) is 0 Å². The van der Waals surface area contributed by atoms with E-state index in [1.807, 2.05) is 0 Å². The van der Waals surface area contributed by atoms with Gasteiger partial charge in [0.15, 0.2) is 0 Å². The van der Waals surface area contributed by atoms with Crippen LogP contribution in [0.15, 0.2) is 0 Å². The number of carbonyl (C=O) groups excluding carboxylic acids is 1. The molecule has 4 N–H and O–H groups in total. The van der Waals surface area contributed by atoms with E-state index in [2.05, 4.69) is 17.6 Å². The van der Waals surface area contributed by atoms with E-state index in [4.69, 9.17) is 5.73 Å². The molecule has 2 aliphatic rings. The Morgan fingerprint density at radius 1 is 1.33 bits per heavy atom. The van der Waals surface area contributed by atoms with Crippen molar-refractivity contribution in [1.82, 2.24) is 10.6 Å². The van der Waals surface area contributed by atoms with Crippen LogP contribution in [-0.4, -0.2) is 30.6 Å². The van der Waals surface area contributed by atoms with Gasteiger partial charge in [0.2, 0.25) is 5.91 Å². The van der Waals surface area contributed by atoms with Gasteiger partial charge in [-0.15, -0.1) is 0 Å². The van der Waals surface area contributed by atoms with Gasteiger partial charge in [-0.1, -0.05) is 0 Å². The SMILES string of the molecule is CC(CC1CCCN1)NC1CCC(C(N)=O)CC1. The van der Waals surface area contributed by atoms with E-state index in [0.717, 1.165) is 25.7 Å². The molecule has 0 bridgehead atoms. The molecule has 2 unspecified atom stereocenters. The molecular formula is C14H27N3O. The Balaban J connectivity index is 1.65. The fraction of sp³-hybridized carbons (Fsp3) is 0.929. The third-order valence-corrected chi connectivity index (χ3v) is 4.45. The van der Waals surface area contributed by atoms with Crippen LogP contribution in [0.2, 0.25) is 0 Å². The quantitative estimate of drug-likeness (QED) is 0.688. The minimum absolute atomic E-state index is 0.114. The van der Waals surface area contributed by atoms with Crippen LogP contribution in [0, 0.1) is 5.92 Å². The molecule has 104 valence electrons. The standard InChI is InChI=1S/C14H27N3O/c1-10(9-13-3-2-8-16-13)17-12-6-4-11(5-7-12)14(15)18/h10-13,16-17H,2-9H2,1H3,(H2,15,18). The lowest BCUT2D eigenvalue weighted by molar-refractivity contribution is -0.122. The van der Waals surface area contributed by atoms with Gasteiger partial charge in [0.1, 0.15) is 0 Å². The summed E-state index contributed by atoms with van der Waals surface area (Å²) in [6.07, 6.45) is 7.96. The van der Waals surface area contributed by atoms with Crippen molar-refractivity contribution in [2.45, 2.75) is 70.0 Å². The molecule has 1 aliphatic heterocycles. The number of primary amides is 1. The molecule has 18 heavy (non-hydrogen) atoms. The van der Waals surface area contributed by atoms with Crippen molar-refractivity contribution in [3.8, 4) is 0 Å². The molecule has 0 aromatic rings. The van der Waals surface area contributed by atoms with Gasteiger partial charge in [0, 0.05) is 24.0 Å². The third kappa shape index (κ3) is 3.95. The van der Waals surface area contributed by atoms with E-state index >= 15 is 0 Å². The maximum atomic E-state index is 11.1. The topological polar surface area (TPSA) is 67.2 Å². The highest BCUT2D eigenvalue weighted by atomic mass is 16.1. The molecule has 0 radical (unpaired) electrons. The van der Waals surface area contributed by atoms with Crippen LogP contribution in [-0.2, 0) is 4.79 Å². The van der Waals surface area contributed by atoms with Gasteiger partial charge in [0.05, 0.1) is 0 Å². The fourth-order valence-corrected chi connectivity index (χ4v) is 3.40. The molecule has 1 saturated carbocycles. The normalized spacial score (nSPS) is 34.4. The van der Waals surface area contributed by atoms with Gasteiger partial charge < -0.3 is 16.4 Å². The highest BCUT2D eigenvalue weighted by Crippen LogP contribution is 2.24. The van der Waals surface area contributed by atoms with Crippen LogP contribution < -0.4 is 16.4 Å². The van der Waals surface area contributed by atoms with E-state index in [0.29, 0.717) is 18.1 Å². The largest absolute Gasteiger partial charge is 0.369 e. The third-order valence-electron chi connectivity index (χ3n) is 4.45. The minimum Gasteiger partial charge on any atom is -0.369 e. The first kappa shape index (κ1) is 13.8. The Morgan fingerprint density at radius 2 is 2.06 bits per heavy atom. The molecule has 1 saturated heterocycles. The summed E-state index contributed by atoms with van der Waals surface area (Å²) in [5, 5.41) is 7.26. The van der Waals surface area contributed by atoms with Crippen molar-refractivity contribution in [1.29, 1.82) is 0 Å². The molecule has 4 heteroatoms. The highest BCUT2D eigenvalue weighted by Gasteiger charge is 2.26. The van der Waals surface area contributed by atoms with E-state index in [-0.39, 0.29) is 11.8 Å². The van der Waals surface area contributed by atoms with Crippen molar-refractivity contribution < 1.29 is 4.79 Å². The maximum Gasteiger partial charge on any atom is 0.220 e. The number of hydrogen-bond acceptors (Lipinski definition) is 3. The lowest BCUT2D eigenvalue weighted by atomic mass is 9.85. The smallest absolute Gasteiger partial charge is 0.220 e. The summed E-state index contributed by atoms with van der Waals surface area (Å²) >= 11 is 0. The van der Waals surface area contributed by atoms with Crippen molar-refractivity contribution in [2.24, 2.45) is 11.7 Å². The number of nitrogens with one attached hydrogen (secondary N) is 2. The first-order valence-electron chi connectivity index (χ1n) is 7.44. The predicted octanol–water partition coefficient (Wildman–Crippen LogP) is 1.15. The molecule has 1 aliphatic carbocycles. The fourth-order valence-electron chi connectivity index (χ4n) is 3.40. The number of rotatable bonds is 5. The number of hydrogen-bond donors (Lipinski definition) is 3. The molecule has 2 fully saturated rings. The van der Waals surface area contributed by atoms with Crippen molar-refractivity contribution in [3.05, 3.63) is 0 Å². The Hall–Kier alpha value is -0.610. The summed E-state index contributed by atoms with van der Waals surface area (Å²) in [4.78, 5) is 11.1. The van der Waals surface area contributed by atoms with Crippen LogP contribution >= 0.6 is 0 Å². The average molecular weight is 253 g/mol. The summed E-state index contributed by atoms with van der Waals surface area (Å²) in [6.45, 7) is 3.46. The average Bonchev–Trinajstić information content (AvgIpc) is 2.82. The van der Waals surface area contributed by atoms with Crippen molar-refractivity contribution >= 4 is 5.91 Å². The Morgan fingerprint density at radius 3 is 2.61 bits per heavy atom. The van der Waals surface area contributed by atoms with E-state index in [1.165, 1.54) is 25.8 Å². The van der Waals surface area contributed by atoms with Gasteiger partial charge in [0.25, 0.3) is 0 Å². The van der Waals surface area contributed by atoms with E-state index in [9.17, 15) is 4.79 Å². The maximum absolute atomic E-state index is 11.1. The van der Waals surface area contributed by atoms with Crippen molar-refractivity contribution in [2.75, 3.05) is 6.54 Å². The van der Waals surface area contributed by atoms with Crippen LogP contribution in [0.4, 0.5) is 0 Å². The van der Waals surface area contributed by atoms with Gasteiger partial charge in [-0.05, 0) is 58.4 Å². The van der Waals surface area contributed by atoms with E-state index < -0.39 is 0 Å². The number of nitrogens with two attached hydrogens (primary N) is 1. The first-order valence-corrected chi connectivity index (χ1v) is 7.44. The lowest BCUT2D eigenvalue weighted by Crippen LogP contribution is -2.43. The summed E-state index contributed by atoms with van der Waals surface area (Å²) in [6, 6.07) is 1.85. The molecular weight excluding hydrogens is 226 g/mol. The number of amides is 1. The molecule has 2 atom stereocenters. The second-order valence-corrected chi connectivity index (χ2v) is 6.05. The summed E-state index contributed by atoms with van der Waals surface area (Å²) in [5.41, 5.74) is 5.36. The second kappa shape index (κ2) is 6.53. The highest BCUT2D eigenvalue weighted by molar-refractivity contribution is 5.76. The van der Waals surface area contributed by atoms with Crippen LogP contribution in [0.1, 0.15) is 51.9 Å². The Bertz CT molecular complexity index is 268. The molecule has 0 aromatic carbocycles. The summed E-state index contributed by atoms with van der Waals surface area (Å²) < 4.78 is 0. The minimum atomic E-state index is -0.114. The van der Waals surface area contributed by atoms with Gasteiger partial charge in [-0.3, -0.25) is 4.79 Å². The lowest BCUT2D eigenvalue weighted by Gasteiger charge is -2.30. The van der Waals surface area contributed by atoms with Crippen LogP contribution in [0.5, 0.6) is 0 Å². The van der Waals surface area contributed by atoms with Crippen LogP contribution in [0.3, 0.4) is 0 Å². The Labute approximate surface area is 110 Å². The molecule has 0 aromatic heterocycles. The van der Waals surface area contributed by atoms with Crippen LogP contribution in [0.25, 0.3) is 0 Å². The van der Waals surface area contributed by atoms with Gasteiger partial charge in [-0.2, -0.15) is 0 Å². The van der Waals surface area contributed by atoms with Crippen molar-refractivity contribution in [3.63, 3.8) is 0 Å². The molecule has 0 spiro atoms.